The maximum atomic E-state index is 13.7. The molecule has 1 aromatic heterocycles. The number of hydrogen-bond acceptors (Lipinski definition) is 7. The Bertz CT molecular complexity index is 1320. The number of Topliss-reactive ketones (excluding diaryl/α,β-unsaturated/α-hetero) is 1. The molecule has 0 bridgehead atoms. The number of benzene rings is 2. The van der Waals surface area contributed by atoms with Crippen LogP contribution in [0.1, 0.15) is 59.2 Å². The topological polar surface area (TPSA) is 80.1 Å². The minimum Gasteiger partial charge on any atom is -0.508 e. The first kappa shape index (κ1) is 29.0. The maximum Gasteiger partial charge on any atom is 0.171 e. The molecule has 7 nitrogen and oxygen atoms in total. The van der Waals surface area contributed by atoms with E-state index in [4.69, 9.17) is 0 Å². The Kier molecular flexibility index (Phi) is 9.52. The molecule has 2 saturated heterocycles. The summed E-state index contributed by atoms with van der Waals surface area (Å²) in [6.07, 6.45) is 6.48. The van der Waals surface area contributed by atoms with E-state index in [2.05, 4.69) is 19.7 Å². The molecule has 0 saturated carbocycles. The Hall–Kier alpha value is -3.49. The Balaban J connectivity index is 1.04. The number of anilines is 1. The molecule has 2 fully saturated rings. The van der Waals surface area contributed by atoms with E-state index >= 15 is 0 Å². The fraction of sp³-hybridized carbons (Fsp3) is 0.455. The minimum absolute atomic E-state index is 0.0315. The first-order chi connectivity index (χ1) is 19.9. The average molecular weight is 561 g/mol. The number of hydrogen-bond donors (Lipinski definition) is 2. The Morgan fingerprint density at radius 2 is 1.63 bits per heavy atom. The van der Waals surface area contributed by atoms with Gasteiger partial charge in [-0.25, -0.2) is 9.37 Å². The molecule has 2 aromatic carbocycles. The van der Waals surface area contributed by atoms with E-state index in [9.17, 15) is 19.4 Å². The predicted molar refractivity (Wildman–Crippen MR) is 159 cm³/mol. The van der Waals surface area contributed by atoms with Crippen LogP contribution in [0, 0.1) is 12.7 Å². The number of phenolic OH excluding ortho intramolecular Hbond substituents is 1. The lowest BCUT2D eigenvalue weighted by Gasteiger charge is -2.43. The largest absolute Gasteiger partial charge is 0.508 e. The maximum absolute atomic E-state index is 13.7. The van der Waals surface area contributed by atoms with Crippen molar-refractivity contribution >= 4 is 11.6 Å². The highest BCUT2D eigenvalue weighted by Gasteiger charge is 2.28. The number of phenols is 1. The highest BCUT2D eigenvalue weighted by Crippen LogP contribution is 2.28. The summed E-state index contributed by atoms with van der Waals surface area (Å²) in [6.45, 7) is 8.23. The number of piperazine rings is 1. The number of likely N-dealkylation sites (tertiary alicyclic amines) is 1. The van der Waals surface area contributed by atoms with Crippen molar-refractivity contribution in [1.29, 1.82) is 0 Å². The number of aryl methyl sites for hydroxylation is 2. The first-order valence-corrected chi connectivity index (χ1v) is 14.8. The zero-order valence-electron chi connectivity index (χ0n) is 23.9. The molecule has 3 aromatic rings. The van der Waals surface area contributed by atoms with Crippen molar-refractivity contribution in [2.75, 3.05) is 44.2 Å². The Labute approximate surface area is 242 Å². The molecule has 41 heavy (non-hydrogen) atoms. The van der Waals surface area contributed by atoms with Gasteiger partial charge in [0.05, 0.1) is 0 Å². The van der Waals surface area contributed by atoms with E-state index in [1.54, 1.807) is 43.5 Å². The van der Waals surface area contributed by atoms with Crippen molar-refractivity contribution in [2.24, 2.45) is 0 Å². The molecule has 0 amide bonds. The lowest BCUT2D eigenvalue weighted by molar-refractivity contribution is 0.0978. The monoisotopic (exact) mass is 560 g/mol. The molecule has 218 valence electrons. The van der Waals surface area contributed by atoms with Gasteiger partial charge >= 0.3 is 0 Å². The van der Waals surface area contributed by atoms with Crippen LogP contribution in [0.5, 0.6) is 11.5 Å². The van der Waals surface area contributed by atoms with Crippen LogP contribution in [-0.2, 0) is 13.0 Å². The summed E-state index contributed by atoms with van der Waals surface area (Å²) in [5.74, 6) is 0.689. The molecular formula is C33H41FN4O3. The van der Waals surface area contributed by atoms with Crippen molar-refractivity contribution < 1.29 is 19.4 Å². The van der Waals surface area contributed by atoms with Crippen molar-refractivity contribution in [1.82, 2.24) is 14.8 Å². The van der Waals surface area contributed by atoms with Crippen LogP contribution in [0.15, 0.2) is 54.7 Å². The Morgan fingerprint density at radius 3 is 2.32 bits per heavy atom. The number of halogens is 1. The normalized spacial score (nSPS) is 17.2. The second-order valence-corrected chi connectivity index (χ2v) is 11.5. The smallest absolute Gasteiger partial charge is 0.171 e. The van der Waals surface area contributed by atoms with Crippen LogP contribution in [0.25, 0.3) is 0 Å². The van der Waals surface area contributed by atoms with Gasteiger partial charge in [0.25, 0.3) is 0 Å². The van der Waals surface area contributed by atoms with Gasteiger partial charge < -0.3 is 15.1 Å². The van der Waals surface area contributed by atoms with Gasteiger partial charge in [0.15, 0.2) is 17.4 Å². The molecule has 8 heteroatoms. The van der Waals surface area contributed by atoms with E-state index in [-0.39, 0.29) is 17.3 Å². The van der Waals surface area contributed by atoms with Gasteiger partial charge in [0.2, 0.25) is 0 Å². The SMILES string of the molecule is Cc1ccc(CCCCC(=O)c2cnc(N3CCN(C4CCN(Cc5ccc(O)cc5)CC4)CC3)c(O)c2)cc1F. The molecular weight excluding hydrogens is 519 g/mol. The van der Waals surface area contributed by atoms with Crippen LogP contribution < -0.4 is 4.90 Å². The standard InChI is InChI=1S/C33H41FN4O3/c1-24-6-7-25(20-30(24)34)4-2-3-5-31(40)27-21-32(41)33(35-22-27)38-18-16-37(17-19-38)28-12-14-36(15-13-28)23-26-8-10-29(39)11-9-26/h6-11,20-22,28,39,41H,2-5,12-19,23H2,1H3. The molecule has 5 rings (SSSR count). The third-order valence-corrected chi connectivity index (χ3v) is 8.55. The number of unbranched alkanes of at least 4 members (excludes halogenated alkanes) is 1. The second kappa shape index (κ2) is 13.4. The fourth-order valence-electron chi connectivity index (χ4n) is 5.99. The summed E-state index contributed by atoms with van der Waals surface area (Å²) in [5.41, 5.74) is 3.25. The van der Waals surface area contributed by atoms with E-state index in [0.29, 0.717) is 41.6 Å². The summed E-state index contributed by atoms with van der Waals surface area (Å²) < 4.78 is 13.7. The van der Waals surface area contributed by atoms with Crippen molar-refractivity contribution in [3.8, 4) is 11.5 Å². The first-order valence-electron chi connectivity index (χ1n) is 14.8. The third kappa shape index (κ3) is 7.63. The van der Waals surface area contributed by atoms with Crippen molar-refractivity contribution in [3.05, 3.63) is 82.8 Å². The van der Waals surface area contributed by atoms with Gasteiger partial charge in [0, 0.05) is 56.9 Å². The average Bonchev–Trinajstić information content (AvgIpc) is 2.99. The number of pyridine rings is 1. The van der Waals surface area contributed by atoms with Crippen LogP contribution in [0.2, 0.25) is 0 Å². The molecule has 0 atom stereocenters. The number of carbonyl (C=O) groups is 1. The molecule has 0 radical (unpaired) electrons. The van der Waals surface area contributed by atoms with Crippen LogP contribution in [0.4, 0.5) is 10.2 Å². The molecule has 0 unspecified atom stereocenters. The summed E-state index contributed by atoms with van der Waals surface area (Å²) in [7, 11) is 0. The molecule has 2 aliphatic heterocycles. The van der Waals surface area contributed by atoms with Gasteiger partial charge in [-0.2, -0.15) is 0 Å². The van der Waals surface area contributed by atoms with Crippen molar-refractivity contribution in [3.63, 3.8) is 0 Å². The van der Waals surface area contributed by atoms with Gasteiger partial charge in [0.1, 0.15) is 11.6 Å². The number of nitrogens with zero attached hydrogens (tertiary/aromatic N) is 4. The number of aromatic nitrogens is 1. The summed E-state index contributed by atoms with van der Waals surface area (Å²) in [6, 6.07) is 14.9. The minimum atomic E-state index is -0.190. The number of ketones is 1. The third-order valence-electron chi connectivity index (χ3n) is 8.55. The Morgan fingerprint density at radius 1 is 0.927 bits per heavy atom. The van der Waals surface area contributed by atoms with E-state index in [1.165, 1.54) is 5.56 Å². The van der Waals surface area contributed by atoms with E-state index < -0.39 is 0 Å². The summed E-state index contributed by atoms with van der Waals surface area (Å²) in [4.78, 5) is 24.3. The molecule has 3 heterocycles. The van der Waals surface area contributed by atoms with E-state index in [0.717, 1.165) is 77.1 Å². The summed E-state index contributed by atoms with van der Waals surface area (Å²) >= 11 is 0. The highest BCUT2D eigenvalue weighted by atomic mass is 19.1. The zero-order chi connectivity index (χ0) is 28.8. The molecule has 2 N–H and O–H groups in total. The van der Waals surface area contributed by atoms with Crippen LogP contribution in [-0.4, -0.2) is 76.1 Å². The lowest BCUT2D eigenvalue weighted by Crippen LogP contribution is -2.53. The van der Waals surface area contributed by atoms with Gasteiger partial charge in [-0.05, 0) is 93.1 Å². The quantitative estimate of drug-likeness (QED) is 0.257. The number of rotatable bonds is 10. The number of piperidine rings is 1. The summed E-state index contributed by atoms with van der Waals surface area (Å²) in [5, 5.41) is 20.2. The second-order valence-electron chi connectivity index (χ2n) is 11.5. The fourth-order valence-corrected chi connectivity index (χ4v) is 5.99. The van der Waals surface area contributed by atoms with E-state index in [1.807, 2.05) is 18.2 Å². The van der Waals surface area contributed by atoms with Crippen molar-refractivity contribution in [2.45, 2.75) is 58.0 Å². The van der Waals surface area contributed by atoms with Crippen LogP contribution >= 0.6 is 0 Å². The molecule has 0 spiro atoms. The highest BCUT2D eigenvalue weighted by molar-refractivity contribution is 5.96. The van der Waals surface area contributed by atoms with Gasteiger partial charge in [-0.1, -0.05) is 24.3 Å². The van der Waals surface area contributed by atoms with Gasteiger partial charge in [-0.3, -0.25) is 14.6 Å². The predicted octanol–water partition coefficient (Wildman–Crippen LogP) is 5.32. The number of carbonyl (C=O) groups excluding carboxylic acids is 1. The lowest BCUT2D eigenvalue weighted by atomic mass is 10.0. The number of aromatic hydroxyl groups is 2. The molecule has 0 aliphatic carbocycles. The van der Waals surface area contributed by atoms with Crippen LogP contribution in [0.3, 0.4) is 0 Å². The zero-order valence-corrected chi connectivity index (χ0v) is 23.9. The molecule has 2 aliphatic rings. The van der Waals surface area contributed by atoms with Gasteiger partial charge in [-0.15, -0.1) is 0 Å².